The number of hydrogen-bond donors (Lipinski definition) is 0. The molecule has 0 unspecified atom stereocenters. The minimum absolute atomic E-state index is 0.125. The van der Waals surface area contributed by atoms with E-state index in [0.29, 0.717) is 11.6 Å². The maximum atomic E-state index is 5.93. The van der Waals surface area contributed by atoms with Gasteiger partial charge in [-0.3, -0.25) is 0 Å². The van der Waals surface area contributed by atoms with Crippen LogP contribution in [0.4, 0.5) is 0 Å². The monoisotopic (exact) mass is 304 g/mol. The molecule has 0 spiro atoms. The predicted octanol–water partition coefficient (Wildman–Crippen LogP) is 3.74. The van der Waals surface area contributed by atoms with Crippen molar-refractivity contribution in [3.8, 4) is 5.69 Å². The van der Waals surface area contributed by atoms with E-state index in [1.807, 2.05) is 41.1 Å². The molecule has 100 valence electrons. The molecule has 0 bridgehead atoms. The zero-order valence-corrected chi connectivity index (χ0v) is 11.9. The summed E-state index contributed by atoms with van der Waals surface area (Å²) in [5.41, 5.74) is 2.60. The van der Waals surface area contributed by atoms with Gasteiger partial charge < -0.3 is 0 Å². The first-order chi connectivity index (χ1) is 9.74. The lowest BCUT2D eigenvalue weighted by Crippen LogP contribution is -2.10. The first-order valence-corrected chi connectivity index (χ1v) is 6.77. The van der Waals surface area contributed by atoms with Crippen LogP contribution in [0.1, 0.15) is 12.1 Å². The van der Waals surface area contributed by atoms with E-state index in [1.54, 1.807) is 12.3 Å². The minimum atomic E-state index is 0.125. The largest absolute Gasteiger partial charge is 0.232 e. The number of benzene rings is 1. The second-order valence-corrected chi connectivity index (χ2v) is 4.86. The molecule has 0 atom stereocenters. The van der Waals surface area contributed by atoms with Crippen LogP contribution >= 0.6 is 23.2 Å². The minimum Gasteiger partial charge on any atom is -0.232 e. The fraction of sp³-hybridized carbons (Fsp3) is 0.0714. The number of rotatable bonds is 2. The van der Waals surface area contributed by atoms with Gasteiger partial charge in [0.1, 0.15) is 5.16 Å². The highest BCUT2D eigenvalue weighted by molar-refractivity contribution is 6.66. The van der Waals surface area contributed by atoms with Gasteiger partial charge in [-0.25, -0.2) is 14.7 Å². The Balaban J connectivity index is 2.05. The van der Waals surface area contributed by atoms with Gasteiger partial charge in [0.05, 0.1) is 23.3 Å². The Hall–Kier alpha value is -1.91. The third-order valence-corrected chi connectivity index (χ3v) is 3.24. The summed E-state index contributed by atoms with van der Waals surface area (Å²) in [4.78, 5) is 8.22. The molecule has 1 aromatic heterocycles. The lowest BCUT2D eigenvalue weighted by molar-refractivity contribution is 0.869. The topological polar surface area (TPSA) is 42.5 Å². The average Bonchev–Trinajstić information content (AvgIpc) is 2.87. The van der Waals surface area contributed by atoms with Crippen LogP contribution in [0.5, 0.6) is 0 Å². The summed E-state index contributed by atoms with van der Waals surface area (Å²) in [6, 6.07) is 11.7. The van der Waals surface area contributed by atoms with E-state index in [4.69, 9.17) is 23.2 Å². The molecule has 0 saturated carbocycles. The van der Waals surface area contributed by atoms with Gasteiger partial charge >= 0.3 is 0 Å². The van der Waals surface area contributed by atoms with E-state index >= 15 is 0 Å². The smallest absolute Gasteiger partial charge is 0.224 e. The van der Waals surface area contributed by atoms with Gasteiger partial charge in [0.15, 0.2) is 0 Å². The number of para-hydroxylation sites is 1. The van der Waals surface area contributed by atoms with Crippen molar-refractivity contribution in [3.63, 3.8) is 0 Å². The molecule has 0 N–H and O–H groups in total. The highest BCUT2D eigenvalue weighted by Crippen LogP contribution is 2.18. The van der Waals surface area contributed by atoms with Gasteiger partial charge in [-0.05, 0) is 35.9 Å². The summed E-state index contributed by atoms with van der Waals surface area (Å²) in [7, 11) is 0. The maximum Gasteiger partial charge on any atom is 0.224 e. The van der Waals surface area contributed by atoms with E-state index in [-0.39, 0.29) is 5.29 Å². The molecule has 20 heavy (non-hydrogen) atoms. The van der Waals surface area contributed by atoms with Crippen LogP contribution in [0.15, 0.2) is 63.8 Å². The Bertz CT molecular complexity index is 714. The third kappa shape index (κ3) is 2.66. The summed E-state index contributed by atoms with van der Waals surface area (Å²) in [6.07, 6.45) is 4.06. The number of nitrogens with zero attached hydrogens (tertiary/aromatic N) is 4. The van der Waals surface area contributed by atoms with Crippen LogP contribution in [-0.2, 0) is 0 Å². The zero-order chi connectivity index (χ0) is 13.9. The molecular formula is C14H10Cl2N4. The zero-order valence-electron chi connectivity index (χ0n) is 10.4. The first kappa shape index (κ1) is 13.1. The number of aromatic nitrogens is 2. The molecule has 6 heteroatoms. The molecule has 1 aromatic carbocycles. The number of amidine groups is 1. The fourth-order valence-corrected chi connectivity index (χ4v) is 2.35. The molecule has 1 aliphatic heterocycles. The quantitative estimate of drug-likeness (QED) is 0.779. The first-order valence-electron chi connectivity index (χ1n) is 6.01. The van der Waals surface area contributed by atoms with Gasteiger partial charge in [-0.2, -0.15) is 5.10 Å². The number of allylic oxidation sites excluding steroid dienone is 1. The van der Waals surface area contributed by atoms with Crippen LogP contribution < -0.4 is 0 Å². The molecule has 1 aliphatic rings. The number of hydrogen-bond acceptors (Lipinski definition) is 3. The molecule has 0 saturated heterocycles. The van der Waals surface area contributed by atoms with Crippen LogP contribution in [0.3, 0.4) is 0 Å². The van der Waals surface area contributed by atoms with E-state index in [9.17, 15) is 0 Å². The van der Waals surface area contributed by atoms with Crippen molar-refractivity contribution in [2.45, 2.75) is 6.42 Å². The predicted molar refractivity (Wildman–Crippen MR) is 81.9 cm³/mol. The van der Waals surface area contributed by atoms with Crippen LogP contribution in [-0.4, -0.2) is 20.8 Å². The van der Waals surface area contributed by atoms with Gasteiger partial charge in [0.2, 0.25) is 5.29 Å². The van der Waals surface area contributed by atoms with Crippen molar-refractivity contribution < 1.29 is 0 Å². The normalized spacial score (nSPS) is 15.2. The van der Waals surface area contributed by atoms with E-state index in [0.717, 1.165) is 17.1 Å². The van der Waals surface area contributed by atoms with Crippen LogP contribution in [0.2, 0.25) is 0 Å². The Morgan fingerprint density at radius 3 is 2.60 bits per heavy atom. The Labute approximate surface area is 126 Å². The molecule has 0 fully saturated rings. The molecule has 0 radical (unpaired) electrons. The lowest BCUT2D eigenvalue weighted by Gasteiger charge is -2.08. The molecule has 4 nitrogen and oxygen atoms in total. The maximum absolute atomic E-state index is 5.93. The average molecular weight is 305 g/mol. The van der Waals surface area contributed by atoms with Crippen LogP contribution in [0.25, 0.3) is 5.69 Å². The summed E-state index contributed by atoms with van der Waals surface area (Å²) >= 11 is 11.8. The Kier molecular flexibility index (Phi) is 3.67. The highest BCUT2D eigenvalue weighted by Gasteiger charge is 2.13. The van der Waals surface area contributed by atoms with Crippen molar-refractivity contribution in [2.24, 2.45) is 9.98 Å². The van der Waals surface area contributed by atoms with Crippen molar-refractivity contribution >= 4 is 34.2 Å². The van der Waals surface area contributed by atoms with E-state index in [1.165, 1.54) is 0 Å². The van der Waals surface area contributed by atoms with Gasteiger partial charge in [-0.1, -0.05) is 29.8 Å². The van der Waals surface area contributed by atoms with Crippen molar-refractivity contribution in [3.05, 3.63) is 59.5 Å². The summed E-state index contributed by atoms with van der Waals surface area (Å²) in [5, 5.41) is 4.81. The Morgan fingerprint density at radius 1 is 1.00 bits per heavy atom. The van der Waals surface area contributed by atoms with Crippen molar-refractivity contribution in [1.29, 1.82) is 0 Å². The second-order valence-electron chi connectivity index (χ2n) is 4.13. The molecular weight excluding hydrogens is 295 g/mol. The second kappa shape index (κ2) is 5.61. The van der Waals surface area contributed by atoms with Gasteiger partial charge in [0.25, 0.3) is 0 Å². The summed E-state index contributed by atoms with van der Waals surface area (Å²) in [5.74, 6) is 0. The number of aliphatic imine (C=N–C) groups is 2. The molecule has 2 heterocycles. The van der Waals surface area contributed by atoms with Gasteiger partial charge in [-0.15, -0.1) is 0 Å². The van der Waals surface area contributed by atoms with Crippen molar-refractivity contribution in [1.82, 2.24) is 9.78 Å². The Morgan fingerprint density at radius 2 is 1.80 bits per heavy atom. The SMILES string of the molecule is ClC1=CCC(c2ccnn2-c2ccccc2)=NC(Cl)=N1. The standard InChI is InChI=1S/C14H10Cl2N4/c15-13-7-6-11(18-14(16)19-13)12-8-9-17-20(12)10-4-2-1-3-5-10/h1-5,7-9H,6H2. The molecule has 0 aliphatic carbocycles. The lowest BCUT2D eigenvalue weighted by atomic mass is 10.2. The summed E-state index contributed by atoms with van der Waals surface area (Å²) in [6.45, 7) is 0. The van der Waals surface area contributed by atoms with Gasteiger partial charge in [0, 0.05) is 6.42 Å². The molecule has 3 rings (SSSR count). The van der Waals surface area contributed by atoms with Crippen molar-refractivity contribution in [2.75, 3.05) is 0 Å². The summed E-state index contributed by atoms with van der Waals surface area (Å²) < 4.78 is 1.82. The van der Waals surface area contributed by atoms with Crippen LogP contribution in [0, 0.1) is 0 Å². The molecule has 0 amide bonds. The highest BCUT2D eigenvalue weighted by atomic mass is 35.5. The third-order valence-electron chi connectivity index (χ3n) is 2.83. The van der Waals surface area contributed by atoms with E-state index in [2.05, 4.69) is 15.1 Å². The molecule has 2 aromatic rings. The fourth-order valence-electron chi connectivity index (χ4n) is 1.96. The van der Waals surface area contributed by atoms with E-state index < -0.39 is 0 Å². The number of halogens is 2.